The molecule has 1 fully saturated rings. The fourth-order valence-electron chi connectivity index (χ4n) is 3.68. The first-order chi connectivity index (χ1) is 15.5. The molecule has 0 bridgehead atoms. The molecule has 1 aliphatic heterocycles. The summed E-state index contributed by atoms with van der Waals surface area (Å²) in [5.41, 5.74) is 1.97. The van der Waals surface area contributed by atoms with Gasteiger partial charge in [0.05, 0.1) is 11.6 Å². The van der Waals surface area contributed by atoms with E-state index in [9.17, 15) is 9.59 Å². The lowest BCUT2D eigenvalue weighted by Crippen LogP contribution is -2.23. The minimum Gasteiger partial charge on any atom is -0.478 e. The number of pyridine rings is 1. The Hall–Kier alpha value is -3.63. The van der Waals surface area contributed by atoms with Crippen LogP contribution in [-0.4, -0.2) is 57.3 Å². The molecule has 2 aromatic heterocycles. The second-order valence-electron chi connectivity index (χ2n) is 7.50. The van der Waals surface area contributed by atoms with E-state index in [1.54, 1.807) is 30.5 Å². The zero-order chi connectivity index (χ0) is 22.5. The van der Waals surface area contributed by atoms with Crippen molar-refractivity contribution in [3.05, 3.63) is 59.6 Å². The molecule has 1 amide bonds. The van der Waals surface area contributed by atoms with Gasteiger partial charge in [0.2, 0.25) is 11.7 Å². The van der Waals surface area contributed by atoms with Crippen LogP contribution in [0.3, 0.4) is 0 Å². The molecular weight excluding hydrogens is 414 g/mol. The molecule has 3 heterocycles. The van der Waals surface area contributed by atoms with Crippen LogP contribution in [0.15, 0.2) is 47.1 Å². The maximum Gasteiger partial charge on any atom is 0.335 e. The van der Waals surface area contributed by atoms with Gasteiger partial charge in [-0.15, -0.1) is 0 Å². The van der Waals surface area contributed by atoms with Crippen molar-refractivity contribution >= 4 is 17.7 Å². The molecule has 4 rings (SSSR count). The number of nitrogens with zero attached hydrogens (tertiary/aromatic N) is 4. The van der Waals surface area contributed by atoms with Gasteiger partial charge in [-0.1, -0.05) is 17.3 Å². The Kier molecular flexibility index (Phi) is 6.52. The second-order valence-corrected chi connectivity index (χ2v) is 7.50. The molecule has 1 aromatic carbocycles. The largest absolute Gasteiger partial charge is 0.478 e. The summed E-state index contributed by atoms with van der Waals surface area (Å²) in [4.78, 5) is 33.6. The van der Waals surface area contributed by atoms with Gasteiger partial charge < -0.3 is 19.7 Å². The maximum absolute atomic E-state index is 11.6. The molecule has 32 heavy (non-hydrogen) atoms. The molecule has 1 saturated heterocycles. The first-order valence-corrected chi connectivity index (χ1v) is 10.2. The van der Waals surface area contributed by atoms with Gasteiger partial charge in [0.15, 0.2) is 0 Å². The second kappa shape index (κ2) is 9.67. The minimum atomic E-state index is -0.936. The lowest BCUT2D eigenvalue weighted by atomic mass is 10.1. The number of hydrogen-bond donors (Lipinski definition) is 2. The van der Waals surface area contributed by atoms with Crippen LogP contribution in [0.5, 0.6) is 0 Å². The van der Waals surface area contributed by atoms with Crippen molar-refractivity contribution in [2.45, 2.75) is 25.4 Å². The number of anilines is 1. The summed E-state index contributed by atoms with van der Waals surface area (Å²) in [6.45, 7) is 1.51. The highest BCUT2D eigenvalue weighted by Gasteiger charge is 2.31. The minimum absolute atomic E-state index is 0.00374. The number of rotatable bonds is 8. The highest BCUT2D eigenvalue weighted by atomic mass is 16.5. The van der Waals surface area contributed by atoms with E-state index < -0.39 is 5.97 Å². The number of carboxylic acids is 1. The predicted octanol–water partition coefficient (Wildman–Crippen LogP) is 2.75. The first-order valence-electron chi connectivity index (χ1n) is 10.2. The first kappa shape index (κ1) is 21.6. The van der Waals surface area contributed by atoms with E-state index in [0.29, 0.717) is 29.6 Å². The quantitative estimate of drug-likeness (QED) is 0.546. The number of methoxy groups -OCH3 is 1. The van der Waals surface area contributed by atoms with Crippen molar-refractivity contribution < 1.29 is 24.0 Å². The van der Waals surface area contributed by atoms with E-state index in [0.717, 1.165) is 24.9 Å². The number of carboxylic acid groups (broad SMARTS) is 1. The summed E-state index contributed by atoms with van der Waals surface area (Å²) in [6, 6.07) is 10.3. The number of benzene rings is 1. The molecule has 0 saturated carbocycles. The lowest BCUT2D eigenvalue weighted by molar-refractivity contribution is -0.119. The van der Waals surface area contributed by atoms with Crippen molar-refractivity contribution in [3.8, 4) is 11.4 Å². The van der Waals surface area contributed by atoms with Gasteiger partial charge in [0.25, 0.3) is 5.91 Å². The van der Waals surface area contributed by atoms with Gasteiger partial charge in [0, 0.05) is 25.4 Å². The molecule has 166 valence electrons. The molecular formula is C22H23N5O5. The van der Waals surface area contributed by atoms with E-state index in [-0.39, 0.29) is 24.1 Å². The van der Waals surface area contributed by atoms with Crippen molar-refractivity contribution in [1.29, 1.82) is 0 Å². The Balaban J connectivity index is 1.43. The Morgan fingerprint density at radius 2 is 2.06 bits per heavy atom. The Morgan fingerprint density at radius 3 is 2.75 bits per heavy atom. The molecule has 10 nitrogen and oxygen atoms in total. The number of aromatic carboxylic acids is 1. The van der Waals surface area contributed by atoms with Crippen LogP contribution in [0.25, 0.3) is 11.4 Å². The molecule has 0 spiro atoms. The van der Waals surface area contributed by atoms with Gasteiger partial charge in [-0.3, -0.25) is 9.69 Å². The van der Waals surface area contributed by atoms with Crippen molar-refractivity contribution in [3.63, 3.8) is 0 Å². The zero-order valence-electron chi connectivity index (χ0n) is 17.5. The number of nitrogens with one attached hydrogen (secondary N) is 1. The Bertz CT molecular complexity index is 1080. The molecule has 2 N–H and O–H groups in total. The molecule has 1 atom stereocenters. The highest BCUT2D eigenvalue weighted by molar-refractivity contribution is 5.90. The molecule has 10 heteroatoms. The summed E-state index contributed by atoms with van der Waals surface area (Å²) in [5.74, 6) is 0.162. The van der Waals surface area contributed by atoms with Crippen LogP contribution < -0.4 is 5.32 Å². The van der Waals surface area contributed by atoms with Crippen molar-refractivity contribution in [1.82, 2.24) is 20.0 Å². The molecule has 0 unspecified atom stereocenters. The lowest BCUT2D eigenvalue weighted by Gasteiger charge is -2.21. The summed E-state index contributed by atoms with van der Waals surface area (Å²) < 4.78 is 10.3. The summed E-state index contributed by atoms with van der Waals surface area (Å²) >= 11 is 0. The average Bonchev–Trinajstić information content (AvgIpc) is 3.44. The summed E-state index contributed by atoms with van der Waals surface area (Å²) in [6.07, 6.45) is 3.48. The monoisotopic (exact) mass is 437 g/mol. The van der Waals surface area contributed by atoms with E-state index in [4.69, 9.17) is 14.4 Å². The number of aromatic nitrogens is 3. The molecule has 3 aromatic rings. The van der Waals surface area contributed by atoms with Crippen molar-refractivity contribution in [2.75, 3.05) is 25.6 Å². The average molecular weight is 437 g/mol. The third-order valence-electron chi connectivity index (χ3n) is 5.24. The van der Waals surface area contributed by atoms with Gasteiger partial charge in [-0.25, -0.2) is 9.78 Å². The topological polar surface area (TPSA) is 131 Å². The molecule has 0 radical (unpaired) electrons. The Morgan fingerprint density at radius 1 is 1.25 bits per heavy atom. The SMILES string of the molecule is COCC(=O)Nc1ccc(-c2noc([C@@H]3CCCN3Cc3ccc(C(=O)O)cc3)n2)cn1. The van der Waals surface area contributed by atoms with E-state index in [1.807, 2.05) is 12.1 Å². The van der Waals surface area contributed by atoms with Crippen molar-refractivity contribution in [2.24, 2.45) is 0 Å². The Labute approximate surface area is 184 Å². The van der Waals surface area contributed by atoms with Gasteiger partial charge in [-0.05, 0) is 49.2 Å². The number of hydrogen-bond acceptors (Lipinski definition) is 8. The van der Waals surface area contributed by atoms with E-state index in [2.05, 4.69) is 25.3 Å². The normalized spacial score (nSPS) is 16.2. The van der Waals surface area contributed by atoms with Crippen LogP contribution >= 0.6 is 0 Å². The van der Waals surface area contributed by atoms with Crippen LogP contribution in [0.1, 0.15) is 40.7 Å². The van der Waals surface area contributed by atoms with E-state index in [1.165, 1.54) is 7.11 Å². The standard InChI is InChI=1S/C22H23N5O5/c1-31-13-19(28)24-18-9-8-16(11-23-18)20-25-21(32-26-20)17-3-2-10-27(17)12-14-4-6-15(7-5-14)22(29)30/h4-9,11,17H,2-3,10,12-13H2,1H3,(H,29,30)(H,23,24,28)/t17-/m0/s1. The molecule has 0 aliphatic carbocycles. The predicted molar refractivity (Wildman–Crippen MR) is 114 cm³/mol. The number of likely N-dealkylation sites (tertiary alicyclic amines) is 1. The van der Waals surface area contributed by atoms with Gasteiger partial charge >= 0.3 is 5.97 Å². The number of ether oxygens (including phenoxy) is 1. The smallest absolute Gasteiger partial charge is 0.335 e. The van der Waals surface area contributed by atoms with E-state index >= 15 is 0 Å². The fourth-order valence-corrected chi connectivity index (χ4v) is 3.68. The van der Waals surface area contributed by atoms with Crippen LogP contribution in [-0.2, 0) is 16.1 Å². The number of carbonyl (C=O) groups excluding carboxylic acids is 1. The number of amides is 1. The van der Waals surface area contributed by atoms with Crippen LogP contribution in [0.4, 0.5) is 5.82 Å². The number of carbonyl (C=O) groups is 2. The highest BCUT2D eigenvalue weighted by Crippen LogP contribution is 2.33. The summed E-state index contributed by atoms with van der Waals surface area (Å²) in [5, 5.41) is 15.8. The fraction of sp³-hybridized carbons (Fsp3) is 0.318. The van der Waals surface area contributed by atoms with Crippen LogP contribution in [0.2, 0.25) is 0 Å². The van der Waals surface area contributed by atoms with Gasteiger partial charge in [0.1, 0.15) is 12.4 Å². The van der Waals surface area contributed by atoms with Crippen LogP contribution in [0, 0.1) is 0 Å². The zero-order valence-corrected chi connectivity index (χ0v) is 17.5. The van der Waals surface area contributed by atoms with Gasteiger partial charge in [-0.2, -0.15) is 4.98 Å². The maximum atomic E-state index is 11.6. The third kappa shape index (κ3) is 4.98. The molecule has 1 aliphatic rings. The summed E-state index contributed by atoms with van der Waals surface area (Å²) in [7, 11) is 1.45. The third-order valence-corrected chi connectivity index (χ3v) is 5.24.